The number of esters is 1. The molecule has 0 fully saturated rings. The van der Waals surface area contributed by atoms with Gasteiger partial charge in [0.1, 0.15) is 5.75 Å². The summed E-state index contributed by atoms with van der Waals surface area (Å²) >= 11 is 6.87. The van der Waals surface area contributed by atoms with Crippen LogP contribution in [0.25, 0.3) is 0 Å². The predicted octanol–water partition coefficient (Wildman–Crippen LogP) is 4.34. The molecule has 39 heavy (non-hydrogen) atoms. The van der Waals surface area contributed by atoms with Crippen LogP contribution in [-0.2, 0) is 14.3 Å². The molecule has 1 heterocycles. The van der Waals surface area contributed by atoms with Gasteiger partial charge in [-0.25, -0.2) is 15.0 Å². The van der Waals surface area contributed by atoms with Gasteiger partial charge in [-0.05, 0) is 66.5 Å². The van der Waals surface area contributed by atoms with Crippen molar-refractivity contribution in [2.45, 2.75) is 26.8 Å². The minimum atomic E-state index is -0.766. The quantitative estimate of drug-likeness (QED) is 0.184. The molecule has 0 radical (unpaired) electrons. The molecule has 1 aliphatic rings. The Morgan fingerprint density at radius 2 is 1.87 bits per heavy atom. The van der Waals surface area contributed by atoms with Crippen molar-refractivity contribution in [2.75, 3.05) is 26.9 Å². The third-order valence-corrected chi connectivity index (χ3v) is 6.41. The second-order valence-electron chi connectivity index (χ2n) is 8.02. The van der Waals surface area contributed by atoms with E-state index in [4.69, 9.17) is 18.9 Å². The van der Waals surface area contributed by atoms with Crippen LogP contribution < -0.4 is 30.3 Å². The molecule has 11 nitrogen and oxygen atoms in total. The van der Waals surface area contributed by atoms with Gasteiger partial charge in [0.25, 0.3) is 5.91 Å². The first-order valence-corrected chi connectivity index (χ1v) is 13.5. The van der Waals surface area contributed by atoms with E-state index in [0.717, 1.165) is 8.95 Å². The van der Waals surface area contributed by atoms with Crippen LogP contribution in [-0.4, -0.2) is 51.1 Å². The van der Waals surface area contributed by atoms with Crippen LogP contribution in [0, 0.1) is 0 Å². The van der Waals surface area contributed by atoms with E-state index in [2.05, 4.69) is 53.0 Å². The fraction of sp³-hybridized carbons (Fsp3) is 0.308. The molecule has 3 rings (SSSR count). The topological polar surface area (TPSA) is 137 Å². The molecule has 0 aliphatic carbocycles. The van der Waals surface area contributed by atoms with Crippen molar-refractivity contribution in [1.82, 2.24) is 16.1 Å². The van der Waals surface area contributed by atoms with Crippen molar-refractivity contribution in [3.8, 4) is 17.2 Å². The zero-order valence-corrected chi connectivity index (χ0v) is 24.9. The summed E-state index contributed by atoms with van der Waals surface area (Å²) in [6.45, 7) is 5.51. The van der Waals surface area contributed by atoms with Gasteiger partial charge in [-0.1, -0.05) is 22.0 Å². The maximum Gasteiger partial charge on any atom is 0.338 e. The highest BCUT2D eigenvalue weighted by Gasteiger charge is 2.32. The summed E-state index contributed by atoms with van der Waals surface area (Å²) in [7, 11) is 1.44. The summed E-state index contributed by atoms with van der Waals surface area (Å²) < 4.78 is 23.4. The first kappa shape index (κ1) is 30.0. The van der Waals surface area contributed by atoms with Crippen LogP contribution in [0.15, 0.2) is 55.6 Å². The molecule has 3 amide bonds. The van der Waals surface area contributed by atoms with Crippen LogP contribution in [0.3, 0.4) is 0 Å². The number of hydrogen-bond donors (Lipinski definition) is 3. The van der Waals surface area contributed by atoms with E-state index in [1.54, 1.807) is 32.0 Å². The SMILES string of the molecule is CCOC(=O)C1=C(C)NC(=O)N[C@@H]1c1ccc(OCC(=O)N/N=C\c2cc(Br)cc(Br)c2OCC)c(OC)c1. The van der Waals surface area contributed by atoms with Crippen molar-refractivity contribution >= 4 is 56.0 Å². The minimum absolute atomic E-state index is 0.187. The number of methoxy groups -OCH3 is 1. The standard InChI is InChI=1S/C26H28Br2N4O7/c1-5-37-24-16(9-17(27)11-18(24)28)12-29-32-21(33)13-39-19-8-7-15(10-20(19)36-4)23-22(25(34)38-6-2)14(3)30-26(35)31-23/h7-12,23H,5-6,13H2,1-4H3,(H,32,33)(H2,30,31,35)/b29-12-/t23-/m1/s1. The number of rotatable bonds is 11. The van der Waals surface area contributed by atoms with E-state index in [0.29, 0.717) is 34.9 Å². The highest BCUT2D eigenvalue weighted by Crippen LogP contribution is 2.35. The molecule has 208 valence electrons. The van der Waals surface area contributed by atoms with E-state index < -0.39 is 23.9 Å². The lowest BCUT2D eigenvalue weighted by molar-refractivity contribution is -0.139. The number of carbonyl (C=O) groups is 3. The maximum absolute atomic E-state index is 12.6. The number of nitrogens with zero attached hydrogens (tertiary/aromatic N) is 1. The molecule has 0 bridgehead atoms. The van der Waals surface area contributed by atoms with Crippen molar-refractivity contribution < 1.29 is 33.3 Å². The second-order valence-corrected chi connectivity index (χ2v) is 9.79. The van der Waals surface area contributed by atoms with Crippen LogP contribution in [0.1, 0.15) is 37.9 Å². The zero-order valence-electron chi connectivity index (χ0n) is 21.7. The summed E-state index contributed by atoms with van der Waals surface area (Å²) in [5, 5.41) is 9.32. The van der Waals surface area contributed by atoms with E-state index in [1.165, 1.54) is 13.3 Å². The Labute approximate surface area is 242 Å². The van der Waals surface area contributed by atoms with E-state index >= 15 is 0 Å². The molecule has 2 aromatic rings. The Balaban J connectivity index is 1.70. The summed E-state index contributed by atoms with van der Waals surface area (Å²) in [5.74, 6) is 0.137. The Kier molecular flexibility index (Phi) is 10.8. The van der Waals surface area contributed by atoms with Crippen molar-refractivity contribution in [2.24, 2.45) is 5.10 Å². The molecule has 2 aromatic carbocycles. The third-order valence-electron chi connectivity index (χ3n) is 5.36. The van der Waals surface area contributed by atoms with Crippen LogP contribution in [0.5, 0.6) is 17.2 Å². The first-order valence-electron chi connectivity index (χ1n) is 11.9. The number of hydrogen-bond acceptors (Lipinski definition) is 8. The molecule has 13 heteroatoms. The Hall–Kier alpha value is -3.58. The van der Waals surface area contributed by atoms with Crippen LogP contribution in [0.4, 0.5) is 4.79 Å². The average molecular weight is 668 g/mol. The second kappa shape index (κ2) is 14.0. The highest BCUT2D eigenvalue weighted by molar-refractivity contribution is 9.11. The maximum atomic E-state index is 12.6. The van der Waals surface area contributed by atoms with E-state index in [-0.39, 0.29) is 24.5 Å². The van der Waals surface area contributed by atoms with Gasteiger partial charge in [-0.2, -0.15) is 5.10 Å². The fourth-order valence-corrected chi connectivity index (χ4v) is 5.10. The number of urea groups is 1. The fourth-order valence-electron chi connectivity index (χ4n) is 3.73. The van der Waals surface area contributed by atoms with Gasteiger partial charge in [0.15, 0.2) is 18.1 Å². The van der Waals surface area contributed by atoms with Gasteiger partial charge >= 0.3 is 12.0 Å². The molecule has 0 spiro atoms. The van der Waals surface area contributed by atoms with Crippen molar-refractivity contribution in [3.05, 3.63) is 61.7 Å². The van der Waals surface area contributed by atoms with E-state index in [1.807, 2.05) is 19.1 Å². The molecule has 0 aromatic heterocycles. The average Bonchev–Trinajstić information content (AvgIpc) is 2.88. The third kappa shape index (κ3) is 7.73. The number of halogens is 2. The number of ether oxygens (including phenoxy) is 4. The Morgan fingerprint density at radius 1 is 1.10 bits per heavy atom. The minimum Gasteiger partial charge on any atom is -0.493 e. The number of benzene rings is 2. The smallest absolute Gasteiger partial charge is 0.338 e. The van der Waals surface area contributed by atoms with Gasteiger partial charge in [-0.15, -0.1) is 0 Å². The highest BCUT2D eigenvalue weighted by atomic mass is 79.9. The normalized spacial score (nSPS) is 14.9. The molecule has 1 aliphatic heterocycles. The van der Waals surface area contributed by atoms with Crippen LogP contribution >= 0.6 is 31.9 Å². The number of nitrogens with one attached hydrogen (secondary N) is 3. The lowest BCUT2D eigenvalue weighted by Gasteiger charge is -2.28. The predicted molar refractivity (Wildman–Crippen MR) is 151 cm³/mol. The van der Waals surface area contributed by atoms with Gasteiger partial charge in [0, 0.05) is 15.7 Å². The van der Waals surface area contributed by atoms with Gasteiger partial charge in [0.2, 0.25) is 0 Å². The first-order chi connectivity index (χ1) is 18.7. The number of allylic oxidation sites excluding steroid dienone is 1. The number of hydrazone groups is 1. The van der Waals surface area contributed by atoms with E-state index in [9.17, 15) is 14.4 Å². The number of amides is 3. The summed E-state index contributed by atoms with van der Waals surface area (Å²) in [6, 6.07) is 7.31. The summed E-state index contributed by atoms with van der Waals surface area (Å²) in [5.41, 5.74) is 4.31. The van der Waals surface area contributed by atoms with Gasteiger partial charge in [0.05, 0.1) is 42.6 Å². The largest absolute Gasteiger partial charge is 0.493 e. The molecule has 0 saturated heterocycles. The van der Waals surface area contributed by atoms with Gasteiger partial charge < -0.3 is 29.6 Å². The molecule has 0 saturated carbocycles. The molecule has 1 atom stereocenters. The molecule has 0 unspecified atom stereocenters. The Morgan fingerprint density at radius 3 is 2.56 bits per heavy atom. The summed E-state index contributed by atoms with van der Waals surface area (Å²) in [6.07, 6.45) is 1.47. The lowest BCUT2D eigenvalue weighted by Crippen LogP contribution is -2.45. The monoisotopic (exact) mass is 666 g/mol. The lowest BCUT2D eigenvalue weighted by atomic mass is 9.95. The molecule has 3 N–H and O–H groups in total. The van der Waals surface area contributed by atoms with Gasteiger partial charge in [-0.3, -0.25) is 4.79 Å². The summed E-state index contributed by atoms with van der Waals surface area (Å²) in [4.78, 5) is 37.0. The molecular weight excluding hydrogens is 640 g/mol. The van der Waals surface area contributed by atoms with Crippen LogP contribution in [0.2, 0.25) is 0 Å². The van der Waals surface area contributed by atoms with Crippen molar-refractivity contribution in [3.63, 3.8) is 0 Å². The zero-order chi connectivity index (χ0) is 28.5. The van der Waals surface area contributed by atoms with Crippen molar-refractivity contribution in [1.29, 1.82) is 0 Å². The number of carbonyl (C=O) groups excluding carboxylic acids is 3. The Bertz CT molecular complexity index is 1310. The molecular formula is C26H28Br2N4O7.